The Morgan fingerprint density at radius 1 is 1.24 bits per heavy atom. The van der Waals surface area contributed by atoms with E-state index in [1.807, 2.05) is 0 Å². The minimum Gasteiger partial charge on any atom is -0.464 e. The van der Waals surface area contributed by atoms with Gasteiger partial charge in [0.25, 0.3) is 0 Å². The zero-order valence-corrected chi connectivity index (χ0v) is 13.5. The molecule has 2 N–H and O–H groups in total. The van der Waals surface area contributed by atoms with Crippen molar-refractivity contribution in [2.45, 2.75) is 44.7 Å². The third-order valence-electron chi connectivity index (χ3n) is 2.58. The third-order valence-corrected chi connectivity index (χ3v) is 4.30. The summed E-state index contributed by atoms with van der Waals surface area (Å²) >= 11 is 0. The van der Waals surface area contributed by atoms with Gasteiger partial charge in [0.05, 0.1) is 12.3 Å². The number of carbonyl (C=O) groups is 1. The van der Waals surface area contributed by atoms with Gasteiger partial charge in [-0.25, -0.2) is 17.9 Å². The van der Waals surface area contributed by atoms with E-state index in [1.165, 1.54) is 6.07 Å². The summed E-state index contributed by atoms with van der Waals surface area (Å²) in [4.78, 5) is 11.7. The first-order chi connectivity index (χ1) is 9.77. The van der Waals surface area contributed by atoms with Gasteiger partial charge in [-0.05, 0) is 39.8 Å². The van der Waals surface area contributed by atoms with Gasteiger partial charge in [0.2, 0.25) is 10.0 Å². The van der Waals surface area contributed by atoms with Crippen molar-refractivity contribution in [3.63, 3.8) is 0 Å². The summed E-state index contributed by atoms with van der Waals surface area (Å²) < 4.78 is 32.0. The highest BCUT2D eigenvalue weighted by molar-refractivity contribution is 7.89. The van der Waals surface area contributed by atoms with Gasteiger partial charge >= 0.3 is 5.97 Å². The molecule has 0 aliphatic rings. The smallest absolute Gasteiger partial charge is 0.328 e. The first kappa shape index (κ1) is 17.5. The number of hydrogen-bond donors (Lipinski definition) is 2. The molecule has 0 heterocycles. The fourth-order valence-corrected chi connectivity index (χ4v) is 3.18. The van der Waals surface area contributed by atoms with Crippen LogP contribution in [0.25, 0.3) is 0 Å². The molecule has 1 atom stereocenters. The van der Waals surface area contributed by atoms with Gasteiger partial charge < -0.3 is 10.1 Å². The maximum atomic E-state index is 12.3. The number of para-hydroxylation sites is 1. The predicted octanol–water partition coefficient (Wildman–Crippen LogP) is 1.74. The van der Waals surface area contributed by atoms with Crippen LogP contribution in [-0.4, -0.2) is 33.1 Å². The van der Waals surface area contributed by atoms with Crippen LogP contribution in [-0.2, 0) is 19.6 Å². The van der Waals surface area contributed by atoms with Crippen LogP contribution in [0.15, 0.2) is 29.2 Å². The SMILES string of the molecule is CCOC(=O)C(C)Nc1ccccc1S(=O)(=O)NC(C)C. The Hall–Kier alpha value is -1.60. The molecule has 6 nitrogen and oxygen atoms in total. The van der Waals surface area contributed by atoms with E-state index in [4.69, 9.17) is 4.74 Å². The second-order valence-corrected chi connectivity index (χ2v) is 6.57. The summed E-state index contributed by atoms with van der Waals surface area (Å²) in [6.07, 6.45) is 0. The van der Waals surface area contributed by atoms with E-state index in [0.29, 0.717) is 5.69 Å². The van der Waals surface area contributed by atoms with Crippen LogP contribution < -0.4 is 10.0 Å². The third kappa shape index (κ3) is 5.02. The normalized spacial score (nSPS) is 13.0. The summed E-state index contributed by atoms with van der Waals surface area (Å²) in [6, 6.07) is 5.59. The van der Waals surface area contributed by atoms with Crippen LogP contribution >= 0.6 is 0 Å². The summed E-state index contributed by atoms with van der Waals surface area (Å²) in [6.45, 7) is 7.11. The molecule has 118 valence electrons. The summed E-state index contributed by atoms with van der Waals surface area (Å²) in [5.41, 5.74) is 0.367. The maximum Gasteiger partial charge on any atom is 0.328 e. The highest BCUT2D eigenvalue weighted by Crippen LogP contribution is 2.21. The van der Waals surface area contributed by atoms with Crippen molar-refractivity contribution in [3.8, 4) is 0 Å². The fourth-order valence-electron chi connectivity index (χ4n) is 1.75. The topological polar surface area (TPSA) is 84.5 Å². The van der Waals surface area contributed by atoms with Gasteiger partial charge in [0.15, 0.2) is 0 Å². The number of benzene rings is 1. The van der Waals surface area contributed by atoms with Crippen molar-refractivity contribution in [2.24, 2.45) is 0 Å². The molecule has 0 amide bonds. The van der Waals surface area contributed by atoms with Crippen LogP contribution in [0.1, 0.15) is 27.7 Å². The highest BCUT2D eigenvalue weighted by Gasteiger charge is 2.22. The number of carbonyl (C=O) groups excluding carboxylic acids is 1. The van der Waals surface area contributed by atoms with Crippen LogP contribution in [0.5, 0.6) is 0 Å². The van der Waals surface area contributed by atoms with E-state index in [9.17, 15) is 13.2 Å². The van der Waals surface area contributed by atoms with Crippen LogP contribution in [0.4, 0.5) is 5.69 Å². The molecule has 0 aliphatic heterocycles. The van der Waals surface area contributed by atoms with Gasteiger partial charge in [-0.15, -0.1) is 0 Å². The second-order valence-electron chi connectivity index (χ2n) is 4.89. The zero-order chi connectivity index (χ0) is 16.0. The molecule has 0 fully saturated rings. The lowest BCUT2D eigenvalue weighted by Crippen LogP contribution is -2.32. The van der Waals surface area contributed by atoms with E-state index in [0.717, 1.165) is 0 Å². The molecule has 0 bridgehead atoms. The predicted molar refractivity (Wildman–Crippen MR) is 81.6 cm³/mol. The molecular weight excluding hydrogens is 292 g/mol. The lowest BCUT2D eigenvalue weighted by Gasteiger charge is -2.18. The molecule has 7 heteroatoms. The molecule has 21 heavy (non-hydrogen) atoms. The van der Waals surface area contributed by atoms with Gasteiger partial charge in [0, 0.05) is 6.04 Å². The van der Waals surface area contributed by atoms with Gasteiger partial charge in [-0.2, -0.15) is 0 Å². The minimum atomic E-state index is -3.64. The van der Waals surface area contributed by atoms with Crippen molar-refractivity contribution in [3.05, 3.63) is 24.3 Å². The Morgan fingerprint density at radius 2 is 1.86 bits per heavy atom. The average Bonchev–Trinajstić information content (AvgIpc) is 2.37. The Morgan fingerprint density at radius 3 is 2.43 bits per heavy atom. The van der Waals surface area contributed by atoms with Crippen molar-refractivity contribution < 1.29 is 17.9 Å². The molecule has 0 saturated carbocycles. The summed E-state index contributed by atoms with van der Waals surface area (Å²) in [7, 11) is -3.64. The molecule has 1 unspecified atom stereocenters. The van der Waals surface area contributed by atoms with Crippen molar-refractivity contribution >= 4 is 21.7 Å². The molecule has 0 spiro atoms. The largest absolute Gasteiger partial charge is 0.464 e. The van der Waals surface area contributed by atoms with Gasteiger partial charge in [-0.1, -0.05) is 12.1 Å². The first-order valence-electron chi connectivity index (χ1n) is 6.82. The molecule has 0 aliphatic carbocycles. The van der Waals surface area contributed by atoms with E-state index >= 15 is 0 Å². The number of esters is 1. The number of hydrogen-bond acceptors (Lipinski definition) is 5. The lowest BCUT2D eigenvalue weighted by molar-refractivity contribution is -0.143. The average molecular weight is 314 g/mol. The second kappa shape index (κ2) is 7.42. The quantitative estimate of drug-likeness (QED) is 0.749. The Bertz CT molecular complexity index is 584. The van der Waals surface area contributed by atoms with E-state index in [-0.39, 0.29) is 17.5 Å². The molecule has 1 rings (SSSR count). The van der Waals surface area contributed by atoms with Gasteiger partial charge in [-0.3, -0.25) is 0 Å². The highest BCUT2D eigenvalue weighted by atomic mass is 32.2. The lowest BCUT2D eigenvalue weighted by atomic mass is 10.2. The maximum absolute atomic E-state index is 12.3. The first-order valence-corrected chi connectivity index (χ1v) is 8.30. The van der Waals surface area contributed by atoms with Gasteiger partial charge in [0.1, 0.15) is 10.9 Å². The molecule has 1 aromatic rings. The fraction of sp³-hybridized carbons (Fsp3) is 0.500. The van der Waals surface area contributed by atoms with E-state index < -0.39 is 22.0 Å². The van der Waals surface area contributed by atoms with Crippen LogP contribution in [0, 0.1) is 0 Å². The van der Waals surface area contributed by atoms with Crippen molar-refractivity contribution in [2.75, 3.05) is 11.9 Å². The van der Waals surface area contributed by atoms with E-state index in [2.05, 4.69) is 10.0 Å². The van der Waals surface area contributed by atoms with Crippen LogP contribution in [0.3, 0.4) is 0 Å². The standard InChI is InChI=1S/C14H22N2O4S/c1-5-20-14(17)11(4)15-12-8-6-7-9-13(12)21(18,19)16-10(2)3/h6-11,15-16H,5H2,1-4H3. The monoisotopic (exact) mass is 314 g/mol. The zero-order valence-electron chi connectivity index (χ0n) is 12.7. The summed E-state index contributed by atoms with van der Waals surface area (Å²) in [5.74, 6) is -0.429. The number of ether oxygens (including phenoxy) is 1. The van der Waals surface area contributed by atoms with E-state index in [1.54, 1.807) is 45.9 Å². The van der Waals surface area contributed by atoms with Crippen LogP contribution in [0.2, 0.25) is 0 Å². The summed E-state index contributed by atoms with van der Waals surface area (Å²) in [5, 5.41) is 2.88. The van der Waals surface area contributed by atoms with Crippen molar-refractivity contribution in [1.29, 1.82) is 0 Å². The Balaban J connectivity index is 3.02. The number of nitrogens with one attached hydrogen (secondary N) is 2. The molecule has 1 aromatic carbocycles. The molecular formula is C14H22N2O4S. The Kier molecular flexibility index (Phi) is 6.17. The number of rotatable bonds is 7. The molecule has 0 saturated heterocycles. The minimum absolute atomic E-state index is 0.106. The number of anilines is 1. The molecule has 0 radical (unpaired) electrons. The molecule has 0 aromatic heterocycles. The van der Waals surface area contributed by atoms with Crippen molar-refractivity contribution in [1.82, 2.24) is 4.72 Å². The number of sulfonamides is 1. The Labute approximate surface area is 125 Å².